The summed E-state index contributed by atoms with van der Waals surface area (Å²) in [4.78, 5) is 3.96. The van der Waals surface area contributed by atoms with Gasteiger partial charge in [-0.25, -0.2) is 0 Å². The van der Waals surface area contributed by atoms with E-state index in [2.05, 4.69) is 67.4 Å². The van der Waals surface area contributed by atoms with Crippen molar-refractivity contribution >= 4 is 11.9 Å². The molecule has 0 N–H and O–H groups in total. The number of hydrogen-bond acceptors (Lipinski definition) is 2. The van der Waals surface area contributed by atoms with Crippen LogP contribution < -0.4 is 0 Å². The van der Waals surface area contributed by atoms with Crippen LogP contribution in [0, 0.1) is 5.92 Å². The molecular weight excluding hydrogens is 607 g/mol. The van der Waals surface area contributed by atoms with Crippen LogP contribution in [0.5, 0.6) is 0 Å². The molecule has 0 spiro atoms. The number of aromatic nitrogens is 1. The van der Waals surface area contributed by atoms with E-state index in [9.17, 15) is 0 Å². The Morgan fingerprint density at radius 2 is 0.960 bits per heavy atom. The Labute approximate surface area is 326 Å². The van der Waals surface area contributed by atoms with Crippen molar-refractivity contribution in [3.63, 3.8) is 0 Å². The number of benzene rings is 1. The Hall–Kier alpha value is -2.29. The van der Waals surface area contributed by atoms with Crippen molar-refractivity contribution in [3.8, 4) is 0 Å². The average molecular weight is 717 g/mol. The van der Waals surface area contributed by atoms with Gasteiger partial charge in [0.25, 0.3) is 0 Å². The molecule has 4 rings (SSSR count). The van der Waals surface area contributed by atoms with Crippen LogP contribution in [0.2, 0.25) is 0 Å². The molecule has 3 heteroatoms. The fraction of sp³-hybridized carbons (Fsp3) is 0.723. The lowest BCUT2D eigenvalue weighted by molar-refractivity contribution is -0.494. The maximum atomic E-state index is 4.08. The largest absolute Gasteiger partial charge is 0.264 e. The van der Waals surface area contributed by atoms with Crippen LogP contribution in [0.25, 0.3) is 0 Å². The van der Waals surface area contributed by atoms with Gasteiger partial charge in [0, 0.05) is 12.4 Å². The van der Waals surface area contributed by atoms with Gasteiger partial charge in [0.1, 0.15) is 0 Å². The zero-order valence-electron chi connectivity index (χ0n) is 31.8. The monoisotopic (exact) mass is 717 g/mol. The number of aryl methyl sites for hydroxylation is 2. The van der Waals surface area contributed by atoms with E-state index in [-0.39, 0.29) is 59.4 Å². The van der Waals surface area contributed by atoms with E-state index in [1.807, 2.05) is 120 Å². The van der Waals surface area contributed by atoms with Crippen molar-refractivity contribution in [3.05, 3.63) is 66.0 Å². The second-order valence-electron chi connectivity index (χ2n) is 8.09. The lowest BCUT2D eigenvalue weighted by Crippen LogP contribution is -1.99. The molecule has 0 amide bonds. The second kappa shape index (κ2) is 91.2. The molecule has 1 aliphatic heterocycles. The van der Waals surface area contributed by atoms with E-state index < -0.39 is 0 Å². The standard InChI is InChI=1S/C8H10.C7H9N.C7H14.C5H9N2.6C2H6.8CH4/c1-2-8-6-4-3-5-7-8;1-2-7-4-3-5-8-6-7;1-7-5-3-2-4-6-7;1-5-3-4-7(2)6-5;6*1-2;;;;;;;;/h3-7H,2H2,1H3;3-6H,2H2,1H3;7H,2-6H2,1H3;4H,3H2,1-2H3;6*1-2H3;8*1H4/q;;;+1;;;;;;;;;;;;;;. The minimum Gasteiger partial charge on any atom is -0.264 e. The highest BCUT2D eigenvalue weighted by atomic mass is 15.4. The SMILES string of the molecule is C.C.C.C.C.C.C.C.CC.CC.CC.CC.CC.CC.CC1=N[N+](C)=CC1.CC1CCCCC1.CCc1ccccc1.CCc1cccnc1. The predicted octanol–water partition coefficient (Wildman–Crippen LogP) is 18.2. The third-order valence-corrected chi connectivity index (χ3v) is 5.26. The second-order valence-corrected chi connectivity index (χ2v) is 8.09. The van der Waals surface area contributed by atoms with Gasteiger partial charge < -0.3 is 0 Å². The number of hydrogen-bond donors (Lipinski definition) is 0. The summed E-state index contributed by atoms with van der Waals surface area (Å²) < 4.78 is 1.84. The zero-order valence-corrected chi connectivity index (χ0v) is 31.8. The zero-order chi connectivity index (χ0) is 34.0. The minimum absolute atomic E-state index is 0. The summed E-state index contributed by atoms with van der Waals surface area (Å²) in [6.07, 6.45) is 16.4. The highest BCUT2D eigenvalue weighted by Gasteiger charge is 2.06. The van der Waals surface area contributed by atoms with Crippen molar-refractivity contribution in [2.24, 2.45) is 11.0 Å². The molecule has 1 aliphatic carbocycles. The van der Waals surface area contributed by atoms with Crippen molar-refractivity contribution in [1.29, 1.82) is 0 Å². The molecule has 3 nitrogen and oxygen atoms in total. The van der Waals surface area contributed by atoms with Crippen LogP contribution >= 0.6 is 0 Å². The maximum Gasteiger partial charge on any atom is 0.178 e. The summed E-state index contributed by atoms with van der Waals surface area (Å²) in [5, 5.41) is 4.08. The molecule has 0 saturated heterocycles. The molecule has 1 saturated carbocycles. The molecule has 2 heterocycles. The molecule has 0 atom stereocenters. The van der Waals surface area contributed by atoms with Gasteiger partial charge in [-0.2, -0.15) is 0 Å². The predicted molar refractivity (Wildman–Crippen MR) is 254 cm³/mol. The summed E-state index contributed by atoms with van der Waals surface area (Å²) in [5.41, 5.74) is 3.91. The van der Waals surface area contributed by atoms with Gasteiger partial charge >= 0.3 is 0 Å². The molecule has 0 unspecified atom stereocenters. The fourth-order valence-corrected chi connectivity index (χ4v) is 3.24. The first-order valence-electron chi connectivity index (χ1n) is 17.6. The number of nitrogens with zero attached hydrogens (tertiary/aromatic N) is 3. The molecule has 0 bridgehead atoms. The molecule has 2 aromatic rings. The third-order valence-electron chi connectivity index (χ3n) is 5.26. The van der Waals surface area contributed by atoms with E-state index in [4.69, 9.17) is 0 Å². The molecule has 1 fully saturated rings. The summed E-state index contributed by atoms with van der Waals surface area (Å²) in [6, 6.07) is 14.5. The van der Waals surface area contributed by atoms with Crippen LogP contribution in [0.15, 0.2) is 60.0 Å². The molecule has 1 aromatic heterocycles. The normalized spacial score (nSPS) is 9.86. The number of rotatable bonds is 2. The van der Waals surface area contributed by atoms with E-state index in [1.165, 1.54) is 48.9 Å². The Balaban J connectivity index is -0.0000000249. The lowest BCUT2D eigenvalue weighted by Gasteiger charge is -2.15. The number of pyridine rings is 1. The van der Waals surface area contributed by atoms with E-state index in [1.54, 1.807) is 6.20 Å². The summed E-state index contributed by atoms with van der Waals surface area (Å²) in [5.74, 6) is 1.04. The topological polar surface area (TPSA) is 28.3 Å². The van der Waals surface area contributed by atoms with Crippen molar-refractivity contribution in [1.82, 2.24) is 4.98 Å². The fourth-order valence-electron chi connectivity index (χ4n) is 3.24. The Bertz CT molecular complexity index is 677. The average Bonchev–Trinajstić information content (AvgIpc) is 3.50. The molecule has 1 aromatic carbocycles. The van der Waals surface area contributed by atoms with Crippen LogP contribution in [0.3, 0.4) is 0 Å². The van der Waals surface area contributed by atoms with Gasteiger partial charge in [0.15, 0.2) is 13.3 Å². The molecule has 2 aliphatic rings. The maximum absolute atomic E-state index is 4.08. The molecule has 312 valence electrons. The third kappa shape index (κ3) is 75.8. The quantitative estimate of drug-likeness (QED) is 0.284. The van der Waals surface area contributed by atoms with Crippen molar-refractivity contribution in [2.45, 2.75) is 222 Å². The van der Waals surface area contributed by atoms with E-state index in [0.717, 1.165) is 25.2 Å². The van der Waals surface area contributed by atoms with E-state index in [0.29, 0.717) is 0 Å². The highest BCUT2D eigenvalue weighted by molar-refractivity contribution is 5.93. The van der Waals surface area contributed by atoms with Crippen LogP contribution in [0.4, 0.5) is 0 Å². The molecular formula is C47H110N3+. The summed E-state index contributed by atoms with van der Waals surface area (Å²) >= 11 is 0. The van der Waals surface area contributed by atoms with Crippen molar-refractivity contribution < 1.29 is 4.68 Å². The first kappa shape index (κ1) is 91.6. The Morgan fingerprint density at radius 3 is 1.14 bits per heavy atom. The van der Waals surface area contributed by atoms with E-state index >= 15 is 0 Å². The smallest absolute Gasteiger partial charge is 0.178 e. The first-order chi connectivity index (χ1) is 20.5. The lowest BCUT2D eigenvalue weighted by atomic mass is 9.91. The molecule has 50 heavy (non-hydrogen) atoms. The van der Waals surface area contributed by atoms with Gasteiger partial charge in [0.2, 0.25) is 0 Å². The van der Waals surface area contributed by atoms with Gasteiger partial charge in [0.05, 0.1) is 12.1 Å². The highest BCUT2D eigenvalue weighted by Crippen LogP contribution is 2.22. The van der Waals surface area contributed by atoms with Crippen LogP contribution in [-0.2, 0) is 12.8 Å². The Morgan fingerprint density at radius 1 is 0.580 bits per heavy atom. The van der Waals surface area contributed by atoms with Crippen LogP contribution in [0.1, 0.15) is 220 Å². The van der Waals surface area contributed by atoms with Gasteiger partial charge in [-0.05, 0) is 48.0 Å². The van der Waals surface area contributed by atoms with Gasteiger partial charge in [-0.3, -0.25) is 4.98 Å². The Kier molecular flexibility index (Phi) is 167. The summed E-state index contributed by atoms with van der Waals surface area (Å²) in [6.45, 7) is 32.7. The summed E-state index contributed by atoms with van der Waals surface area (Å²) in [7, 11) is 1.94. The van der Waals surface area contributed by atoms with Crippen LogP contribution in [-0.4, -0.2) is 28.6 Å². The minimum atomic E-state index is 0. The molecule has 0 radical (unpaired) electrons. The van der Waals surface area contributed by atoms with Crippen molar-refractivity contribution in [2.75, 3.05) is 7.05 Å². The van der Waals surface area contributed by atoms with Gasteiger partial charge in [-0.1, -0.05) is 236 Å². The first-order valence-corrected chi connectivity index (χ1v) is 17.6. The van der Waals surface area contributed by atoms with Gasteiger partial charge in [-0.15, -0.1) is 0 Å². The number of hydrazone groups is 1.